The van der Waals surface area contributed by atoms with E-state index in [0.29, 0.717) is 0 Å². The molecule has 0 atom stereocenters. The second-order valence-corrected chi connectivity index (χ2v) is 2.10. The summed E-state index contributed by atoms with van der Waals surface area (Å²) in [5, 5.41) is 0. The van der Waals surface area contributed by atoms with Gasteiger partial charge in [0, 0.05) is 12.8 Å². The fraction of sp³-hybridized carbons (Fsp3) is 0.571. The van der Waals surface area contributed by atoms with Crippen LogP contribution in [0.2, 0.25) is 0 Å². The molecule has 0 amide bonds. The van der Waals surface area contributed by atoms with Gasteiger partial charge in [-0.05, 0) is 0 Å². The van der Waals surface area contributed by atoms with Crippen LogP contribution in [0.25, 0.3) is 0 Å². The van der Waals surface area contributed by atoms with E-state index >= 15 is 0 Å². The monoisotopic (exact) mass is 125 g/mol. The van der Waals surface area contributed by atoms with E-state index in [2.05, 4.69) is 23.8 Å². The van der Waals surface area contributed by atoms with Gasteiger partial charge in [-0.3, -0.25) is 0 Å². The van der Waals surface area contributed by atoms with Crippen molar-refractivity contribution in [1.82, 2.24) is 4.98 Å². The highest BCUT2D eigenvalue weighted by Crippen LogP contribution is 1.98. The van der Waals surface area contributed by atoms with E-state index in [-0.39, 0.29) is 0 Å². The SMILES string of the molecule is CCc1[nH]c[nH+]c1CC. The average Bonchev–Trinajstić information content (AvgIpc) is 2.33. The molecule has 9 heavy (non-hydrogen) atoms. The number of aromatic nitrogens is 2. The Balaban J connectivity index is 2.85. The molecule has 0 aliphatic heterocycles. The second kappa shape index (κ2) is 2.67. The van der Waals surface area contributed by atoms with Crippen molar-refractivity contribution in [2.24, 2.45) is 0 Å². The van der Waals surface area contributed by atoms with E-state index in [4.69, 9.17) is 0 Å². The fourth-order valence-corrected chi connectivity index (χ4v) is 1.02. The first-order chi connectivity index (χ1) is 4.38. The van der Waals surface area contributed by atoms with Crippen molar-refractivity contribution in [1.29, 1.82) is 0 Å². The van der Waals surface area contributed by atoms with E-state index in [1.807, 2.05) is 6.33 Å². The molecule has 0 aliphatic rings. The molecule has 2 nitrogen and oxygen atoms in total. The van der Waals surface area contributed by atoms with Crippen LogP contribution < -0.4 is 4.98 Å². The molecule has 0 saturated carbocycles. The highest BCUT2D eigenvalue weighted by atomic mass is 14.9. The van der Waals surface area contributed by atoms with Crippen LogP contribution >= 0.6 is 0 Å². The minimum atomic E-state index is 1.09. The molecule has 0 radical (unpaired) electrons. The summed E-state index contributed by atoms with van der Waals surface area (Å²) in [5.74, 6) is 0. The Kier molecular flexibility index (Phi) is 1.88. The Labute approximate surface area is 55.3 Å². The maximum atomic E-state index is 3.15. The molecule has 0 aromatic carbocycles. The molecular weight excluding hydrogens is 112 g/mol. The summed E-state index contributed by atoms with van der Waals surface area (Å²) < 4.78 is 0. The van der Waals surface area contributed by atoms with E-state index in [0.717, 1.165) is 12.8 Å². The molecule has 0 spiro atoms. The van der Waals surface area contributed by atoms with Gasteiger partial charge in [-0.15, -0.1) is 0 Å². The van der Waals surface area contributed by atoms with E-state index in [9.17, 15) is 0 Å². The summed E-state index contributed by atoms with van der Waals surface area (Å²) in [7, 11) is 0. The predicted octanol–water partition coefficient (Wildman–Crippen LogP) is 0.954. The fourth-order valence-electron chi connectivity index (χ4n) is 1.02. The number of imidazole rings is 1. The summed E-state index contributed by atoms with van der Waals surface area (Å²) >= 11 is 0. The largest absolute Gasteiger partial charge is 0.247 e. The molecule has 0 bridgehead atoms. The number of H-pyrrole nitrogens is 2. The van der Waals surface area contributed by atoms with Crippen LogP contribution in [0, 0.1) is 0 Å². The maximum absolute atomic E-state index is 3.15. The third-order valence-corrected chi connectivity index (χ3v) is 1.56. The number of hydrogen-bond acceptors (Lipinski definition) is 0. The van der Waals surface area contributed by atoms with Crippen molar-refractivity contribution in [3.63, 3.8) is 0 Å². The molecule has 0 fully saturated rings. The Morgan fingerprint density at radius 1 is 1.44 bits per heavy atom. The Hall–Kier alpha value is -0.790. The van der Waals surface area contributed by atoms with Gasteiger partial charge in [0.2, 0.25) is 6.33 Å². The lowest BCUT2D eigenvalue weighted by molar-refractivity contribution is -0.387. The van der Waals surface area contributed by atoms with Gasteiger partial charge < -0.3 is 0 Å². The predicted molar refractivity (Wildman–Crippen MR) is 36.1 cm³/mol. The maximum Gasteiger partial charge on any atom is 0.239 e. The van der Waals surface area contributed by atoms with Crippen LogP contribution in [-0.2, 0) is 12.8 Å². The third-order valence-electron chi connectivity index (χ3n) is 1.56. The minimum Gasteiger partial charge on any atom is -0.247 e. The van der Waals surface area contributed by atoms with Crippen LogP contribution in [0.1, 0.15) is 25.2 Å². The van der Waals surface area contributed by atoms with Crippen LogP contribution in [0.4, 0.5) is 0 Å². The van der Waals surface area contributed by atoms with Gasteiger partial charge >= 0.3 is 0 Å². The highest BCUT2D eigenvalue weighted by Gasteiger charge is 2.04. The van der Waals surface area contributed by atoms with E-state index < -0.39 is 0 Å². The standard InChI is InChI=1S/C7H12N2/c1-3-6-7(4-2)9-5-8-6/h5H,3-4H2,1-2H3,(H,8,9)/p+1. The third kappa shape index (κ3) is 1.12. The van der Waals surface area contributed by atoms with E-state index in [1.165, 1.54) is 11.4 Å². The zero-order chi connectivity index (χ0) is 6.69. The topological polar surface area (TPSA) is 29.9 Å². The van der Waals surface area contributed by atoms with E-state index in [1.54, 1.807) is 0 Å². The zero-order valence-electron chi connectivity index (χ0n) is 5.99. The summed E-state index contributed by atoms with van der Waals surface area (Å²) in [6, 6.07) is 0. The molecule has 1 aromatic rings. The Morgan fingerprint density at radius 2 is 2.22 bits per heavy atom. The van der Waals surface area contributed by atoms with Crippen molar-refractivity contribution in [3.05, 3.63) is 17.7 Å². The van der Waals surface area contributed by atoms with Gasteiger partial charge in [0.25, 0.3) is 0 Å². The van der Waals surface area contributed by atoms with Gasteiger partial charge in [0.1, 0.15) is 11.4 Å². The first-order valence-corrected chi connectivity index (χ1v) is 3.45. The minimum absolute atomic E-state index is 1.09. The molecule has 1 rings (SSSR count). The van der Waals surface area contributed by atoms with Crippen LogP contribution in [-0.4, -0.2) is 4.98 Å². The van der Waals surface area contributed by atoms with Crippen LogP contribution in [0.15, 0.2) is 6.33 Å². The molecule has 50 valence electrons. The number of hydrogen-bond donors (Lipinski definition) is 1. The molecular formula is C7H13N2+. The lowest BCUT2D eigenvalue weighted by Crippen LogP contribution is -2.04. The molecule has 1 aromatic heterocycles. The molecule has 2 N–H and O–H groups in total. The van der Waals surface area contributed by atoms with Gasteiger partial charge in [-0.2, -0.15) is 0 Å². The zero-order valence-corrected chi connectivity index (χ0v) is 5.99. The Bertz CT molecular complexity index is 160. The first kappa shape index (κ1) is 6.33. The lowest BCUT2D eigenvalue weighted by Gasteiger charge is -1.85. The van der Waals surface area contributed by atoms with Crippen molar-refractivity contribution >= 4 is 0 Å². The molecule has 1 heterocycles. The quantitative estimate of drug-likeness (QED) is 0.610. The van der Waals surface area contributed by atoms with Gasteiger partial charge in [0.15, 0.2) is 0 Å². The molecule has 2 heteroatoms. The number of nitrogens with one attached hydrogen (secondary N) is 2. The smallest absolute Gasteiger partial charge is 0.239 e. The molecule has 0 saturated heterocycles. The van der Waals surface area contributed by atoms with Gasteiger partial charge in [0.05, 0.1) is 0 Å². The highest BCUT2D eigenvalue weighted by molar-refractivity contribution is 5.03. The van der Waals surface area contributed by atoms with Crippen LogP contribution in [0.3, 0.4) is 0 Å². The van der Waals surface area contributed by atoms with Crippen molar-refractivity contribution < 1.29 is 4.98 Å². The average molecular weight is 125 g/mol. The first-order valence-electron chi connectivity index (χ1n) is 3.45. The summed E-state index contributed by atoms with van der Waals surface area (Å²) in [6.07, 6.45) is 4.07. The number of aryl methyl sites for hydroxylation is 2. The Morgan fingerprint density at radius 3 is 2.67 bits per heavy atom. The van der Waals surface area contributed by atoms with Crippen molar-refractivity contribution in [3.8, 4) is 0 Å². The summed E-state index contributed by atoms with van der Waals surface area (Å²) in [6.45, 7) is 4.30. The lowest BCUT2D eigenvalue weighted by atomic mass is 10.2. The molecule has 0 unspecified atom stereocenters. The van der Waals surface area contributed by atoms with Crippen LogP contribution in [0.5, 0.6) is 0 Å². The molecule has 0 aliphatic carbocycles. The number of aromatic amines is 2. The van der Waals surface area contributed by atoms with Crippen molar-refractivity contribution in [2.45, 2.75) is 26.7 Å². The normalized spacial score (nSPS) is 10.0. The van der Waals surface area contributed by atoms with Gasteiger partial charge in [-0.1, -0.05) is 13.8 Å². The summed E-state index contributed by atoms with van der Waals surface area (Å²) in [4.78, 5) is 6.30. The second-order valence-electron chi connectivity index (χ2n) is 2.10. The summed E-state index contributed by atoms with van der Waals surface area (Å²) in [5.41, 5.74) is 2.66. The van der Waals surface area contributed by atoms with Crippen molar-refractivity contribution in [2.75, 3.05) is 0 Å². The number of rotatable bonds is 2. The van der Waals surface area contributed by atoms with Gasteiger partial charge in [-0.25, -0.2) is 9.97 Å².